The Balaban J connectivity index is 1.59. The van der Waals surface area contributed by atoms with E-state index in [-0.39, 0.29) is 0 Å². The van der Waals surface area contributed by atoms with Crippen LogP contribution in [0.4, 0.5) is 0 Å². The fourth-order valence-corrected chi connectivity index (χ4v) is 7.05. The molecule has 2 fully saturated rings. The first-order valence-corrected chi connectivity index (χ1v) is 12.9. The predicted molar refractivity (Wildman–Crippen MR) is 134 cm³/mol. The number of benzene rings is 2. The summed E-state index contributed by atoms with van der Waals surface area (Å²) in [5.74, 6) is 0. The quantitative estimate of drug-likeness (QED) is 0.445. The maximum absolute atomic E-state index is 3.69. The van der Waals surface area contributed by atoms with Gasteiger partial charge in [-0.15, -0.1) is 0 Å². The summed E-state index contributed by atoms with van der Waals surface area (Å²) in [6.45, 7) is 4.53. The number of nitrogens with one attached hydrogen (secondary N) is 2. The number of aryl methyl sites for hydroxylation is 1. The summed E-state index contributed by atoms with van der Waals surface area (Å²) in [6.07, 6.45) is 10.3. The molecule has 2 unspecified atom stereocenters. The highest BCUT2D eigenvalue weighted by molar-refractivity contribution is 6.18. The lowest BCUT2D eigenvalue weighted by molar-refractivity contribution is 0.369. The van der Waals surface area contributed by atoms with Crippen LogP contribution in [-0.2, 0) is 12.8 Å². The number of rotatable bonds is 2. The van der Waals surface area contributed by atoms with Crippen molar-refractivity contribution in [3.63, 3.8) is 0 Å². The van der Waals surface area contributed by atoms with Crippen LogP contribution in [-0.4, -0.2) is 35.3 Å². The van der Waals surface area contributed by atoms with Crippen molar-refractivity contribution in [1.82, 2.24) is 19.8 Å². The molecule has 0 amide bonds. The van der Waals surface area contributed by atoms with E-state index in [4.69, 9.17) is 0 Å². The Bertz CT molecular complexity index is 1300. The van der Waals surface area contributed by atoms with Crippen molar-refractivity contribution in [2.45, 2.75) is 63.5 Å². The van der Waals surface area contributed by atoms with Crippen molar-refractivity contribution in [2.75, 3.05) is 26.2 Å². The molecular weight excluding hydrogens is 392 g/mol. The number of nitrogens with zero attached hydrogens (tertiary/aromatic N) is 2. The minimum Gasteiger partial charge on any atom is -0.340 e. The molecule has 4 heteroatoms. The number of fused-ring (bicyclic) bond motifs is 7. The van der Waals surface area contributed by atoms with Crippen LogP contribution in [0.25, 0.3) is 32.7 Å². The summed E-state index contributed by atoms with van der Waals surface area (Å²) >= 11 is 0. The van der Waals surface area contributed by atoms with Crippen LogP contribution < -0.4 is 10.6 Å². The van der Waals surface area contributed by atoms with Gasteiger partial charge in [0.25, 0.3) is 0 Å². The van der Waals surface area contributed by atoms with Crippen molar-refractivity contribution in [2.24, 2.45) is 0 Å². The first-order chi connectivity index (χ1) is 15.9. The molecule has 2 aromatic carbocycles. The van der Waals surface area contributed by atoms with E-state index in [1.165, 1.54) is 85.2 Å². The van der Waals surface area contributed by atoms with E-state index in [0.29, 0.717) is 12.1 Å². The molecule has 4 aromatic rings. The first-order valence-electron chi connectivity index (χ1n) is 12.9. The Morgan fingerprint density at radius 2 is 1.44 bits per heavy atom. The molecule has 7 rings (SSSR count). The van der Waals surface area contributed by atoms with E-state index in [1.54, 1.807) is 16.6 Å². The van der Waals surface area contributed by atoms with E-state index >= 15 is 0 Å². The fourth-order valence-electron chi connectivity index (χ4n) is 7.05. The zero-order valence-electron chi connectivity index (χ0n) is 19.0. The van der Waals surface area contributed by atoms with Gasteiger partial charge in [-0.25, -0.2) is 0 Å². The van der Waals surface area contributed by atoms with Gasteiger partial charge >= 0.3 is 0 Å². The van der Waals surface area contributed by atoms with Gasteiger partial charge in [0.05, 0.1) is 11.0 Å². The molecule has 3 aliphatic rings. The minimum absolute atomic E-state index is 0.538. The Morgan fingerprint density at radius 1 is 0.688 bits per heavy atom. The molecule has 2 atom stereocenters. The van der Waals surface area contributed by atoms with Gasteiger partial charge in [-0.05, 0) is 82.2 Å². The van der Waals surface area contributed by atoms with Gasteiger partial charge in [-0.3, -0.25) is 0 Å². The fraction of sp³-hybridized carbons (Fsp3) is 0.500. The SMILES string of the molecule is c1ccc2c(c1)c1ccc3c(c4c(n3C3CCCNC3)CCCC4)c1n2C1CCCNC1. The Labute approximate surface area is 190 Å². The van der Waals surface area contributed by atoms with Crippen molar-refractivity contribution >= 4 is 32.7 Å². The van der Waals surface area contributed by atoms with E-state index < -0.39 is 0 Å². The van der Waals surface area contributed by atoms with Crippen LogP contribution >= 0.6 is 0 Å². The third kappa shape index (κ3) is 2.75. The van der Waals surface area contributed by atoms with Crippen molar-refractivity contribution in [3.05, 3.63) is 47.7 Å². The lowest BCUT2D eigenvalue weighted by Gasteiger charge is -2.28. The van der Waals surface area contributed by atoms with Crippen LogP contribution in [0, 0.1) is 0 Å². The standard InChI is InChI=1S/C28H34N4/c1-3-11-24-21(9-1)22-13-14-26-27(28(22)32(24)20-8-6-16-30-18-20)23-10-2-4-12-25(23)31(26)19-7-5-15-29-17-19/h1,3,9,11,13-14,19-20,29-30H,2,4-8,10,12,15-18H2. The van der Waals surface area contributed by atoms with Gasteiger partial charge in [-0.1, -0.05) is 24.3 Å². The summed E-state index contributed by atoms with van der Waals surface area (Å²) < 4.78 is 5.51. The van der Waals surface area contributed by atoms with Crippen LogP contribution in [0.5, 0.6) is 0 Å². The minimum atomic E-state index is 0.538. The van der Waals surface area contributed by atoms with E-state index in [2.05, 4.69) is 56.2 Å². The molecule has 0 radical (unpaired) electrons. The maximum atomic E-state index is 3.69. The smallest absolute Gasteiger partial charge is 0.0592 e. The third-order valence-corrected chi connectivity index (χ3v) is 8.41. The van der Waals surface area contributed by atoms with Gasteiger partial charge in [0, 0.05) is 52.5 Å². The second-order valence-electron chi connectivity index (χ2n) is 10.2. The maximum Gasteiger partial charge on any atom is 0.0592 e. The van der Waals surface area contributed by atoms with Crippen LogP contribution in [0.3, 0.4) is 0 Å². The highest BCUT2D eigenvalue weighted by Crippen LogP contribution is 2.44. The van der Waals surface area contributed by atoms with Crippen LogP contribution in [0.1, 0.15) is 61.9 Å². The molecule has 32 heavy (non-hydrogen) atoms. The number of hydrogen-bond acceptors (Lipinski definition) is 2. The highest BCUT2D eigenvalue weighted by atomic mass is 15.1. The van der Waals surface area contributed by atoms with Crippen molar-refractivity contribution in [1.29, 1.82) is 0 Å². The predicted octanol–water partition coefficient (Wildman–Crippen LogP) is 5.48. The lowest BCUT2D eigenvalue weighted by atomic mass is 9.94. The van der Waals surface area contributed by atoms with Gasteiger partial charge in [0.2, 0.25) is 0 Å². The lowest BCUT2D eigenvalue weighted by Crippen LogP contribution is -2.32. The Kier molecular flexibility index (Phi) is 4.58. The summed E-state index contributed by atoms with van der Waals surface area (Å²) in [5, 5.41) is 11.8. The normalized spacial score (nSPS) is 24.4. The van der Waals surface area contributed by atoms with Crippen molar-refractivity contribution in [3.8, 4) is 0 Å². The highest BCUT2D eigenvalue weighted by Gasteiger charge is 2.29. The zero-order valence-corrected chi connectivity index (χ0v) is 19.0. The number of piperidine rings is 2. The topological polar surface area (TPSA) is 33.9 Å². The number of para-hydroxylation sites is 1. The summed E-state index contributed by atoms with van der Waals surface area (Å²) in [5.41, 5.74) is 7.73. The molecule has 2 aliphatic heterocycles. The molecule has 0 saturated carbocycles. The number of aromatic nitrogens is 2. The summed E-state index contributed by atoms with van der Waals surface area (Å²) in [6, 6.07) is 15.2. The molecule has 4 heterocycles. The third-order valence-electron chi connectivity index (χ3n) is 8.41. The molecule has 2 N–H and O–H groups in total. The summed E-state index contributed by atoms with van der Waals surface area (Å²) in [4.78, 5) is 0. The molecule has 0 bridgehead atoms. The van der Waals surface area contributed by atoms with Gasteiger partial charge in [0.15, 0.2) is 0 Å². The molecule has 2 aromatic heterocycles. The molecule has 0 spiro atoms. The molecular formula is C28H34N4. The number of hydrogen-bond donors (Lipinski definition) is 2. The molecule has 1 aliphatic carbocycles. The average molecular weight is 427 g/mol. The Morgan fingerprint density at radius 3 is 2.22 bits per heavy atom. The summed E-state index contributed by atoms with van der Waals surface area (Å²) in [7, 11) is 0. The van der Waals surface area contributed by atoms with Gasteiger partial charge in [0.1, 0.15) is 0 Å². The van der Waals surface area contributed by atoms with Crippen molar-refractivity contribution < 1.29 is 0 Å². The van der Waals surface area contributed by atoms with E-state index in [0.717, 1.165) is 19.6 Å². The average Bonchev–Trinajstić information content (AvgIpc) is 3.38. The van der Waals surface area contributed by atoms with Gasteiger partial charge < -0.3 is 19.8 Å². The Hall–Kier alpha value is -2.30. The van der Waals surface area contributed by atoms with Gasteiger partial charge in [-0.2, -0.15) is 0 Å². The molecule has 166 valence electrons. The second kappa shape index (κ2) is 7.64. The molecule has 2 saturated heterocycles. The van der Waals surface area contributed by atoms with Crippen LogP contribution in [0.15, 0.2) is 36.4 Å². The molecule has 4 nitrogen and oxygen atoms in total. The van der Waals surface area contributed by atoms with E-state index in [9.17, 15) is 0 Å². The van der Waals surface area contributed by atoms with Crippen LogP contribution in [0.2, 0.25) is 0 Å². The monoisotopic (exact) mass is 426 g/mol. The van der Waals surface area contributed by atoms with E-state index in [1.807, 2.05) is 0 Å². The second-order valence-corrected chi connectivity index (χ2v) is 10.2. The zero-order chi connectivity index (χ0) is 21.1. The largest absolute Gasteiger partial charge is 0.340 e. The first kappa shape index (κ1) is 19.2.